The molecule has 1 saturated heterocycles. The smallest absolute Gasteiger partial charge is 0.309 e. The first-order valence-electron chi connectivity index (χ1n) is 12.5. The molecule has 3 heterocycles. The minimum absolute atomic E-state index is 0.283. The number of methoxy groups -OCH3 is 1. The predicted molar refractivity (Wildman–Crippen MR) is 144 cm³/mol. The van der Waals surface area contributed by atoms with Gasteiger partial charge in [-0.3, -0.25) is 24.5 Å². The Kier molecular flexibility index (Phi) is 6.04. The molecule has 1 spiro atoms. The lowest BCUT2D eigenvalue weighted by Crippen LogP contribution is -2.61. The van der Waals surface area contributed by atoms with Crippen LogP contribution < -0.4 is 9.64 Å². The number of hydrogen-bond acceptors (Lipinski definition) is 8. The fraction of sp³-hybridized carbons (Fsp3) is 0.276. The molecule has 0 aliphatic carbocycles. The maximum atomic E-state index is 14.5. The Morgan fingerprint density at radius 3 is 2.48 bits per heavy atom. The Labute approximate surface area is 237 Å². The molecule has 0 unspecified atom stereocenters. The maximum Gasteiger partial charge on any atom is 0.309 e. The zero-order chi connectivity index (χ0) is 28.4. The topological polar surface area (TPSA) is 125 Å². The highest BCUT2D eigenvalue weighted by Crippen LogP contribution is 2.68. The summed E-state index contributed by atoms with van der Waals surface area (Å²) in [5.74, 6) is -3.03. The molecule has 40 heavy (non-hydrogen) atoms. The molecule has 204 valence electrons. The van der Waals surface area contributed by atoms with Crippen LogP contribution in [0.2, 0.25) is 0 Å². The molecule has 6 rings (SSSR count). The zero-order valence-corrected chi connectivity index (χ0v) is 23.0. The van der Waals surface area contributed by atoms with E-state index in [0.717, 1.165) is 4.90 Å². The molecule has 10 nitrogen and oxygen atoms in total. The van der Waals surface area contributed by atoms with Crippen molar-refractivity contribution in [1.82, 2.24) is 0 Å². The lowest BCUT2D eigenvalue weighted by atomic mass is 9.63. The molecule has 0 aromatic heterocycles. The Bertz CT molecular complexity index is 1580. The number of hydrogen-bond donors (Lipinski definition) is 0. The summed E-state index contributed by atoms with van der Waals surface area (Å²) < 4.78 is 18.5. The summed E-state index contributed by atoms with van der Waals surface area (Å²) in [5.41, 5.74) is -2.78. The second-order valence-electron chi connectivity index (χ2n) is 9.97. The number of anilines is 1. The Hall–Kier alpha value is -4.09. The van der Waals surface area contributed by atoms with Crippen molar-refractivity contribution in [2.45, 2.75) is 42.6 Å². The van der Waals surface area contributed by atoms with E-state index in [9.17, 15) is 24.5 Å². The van der Waals surface area contributed by atoms with E-state index in [2.05, 4.69) is 15.9 Å². The van der Waals surface area contributed by atoms with Crippen molar-refractivity contribution in [2.24, 2.45) is 0 Å². The molecular formula is C29H23BrN2O8. The highest BCUT2D eigenvalue weighted by atomic mass is 79.9. The lowest BCUT2D eigenvalue weighted by Gasteiger charge is -2.41. The van der Waals surface area contributed by atoms with E-state index in [4.69, 9.17) is 14.2 Å². The monoisotopic (exact) mass is 606 g/mol. The van der Waals surface area contributed by atoms with Crippen molar-refractivity contribution in [1.29, 1.82) is 0 Å². The predicted octanol–water partition coefficient (Wildman–Crippen LogP) is 4.43. The molecule has 3 aliphatic heterocycles. The minimum Gasteiger partial charge on any atom is -0.482 e. The molecule has 1 fully saturated rings. The lowest BCUT2D eigenvalue weighted by molar-refractivity contribution is -0.593. The van der Waals surface area contributed by atoms with Gasteiger partial charge in [-0.15, -0.1) is 0 Å². The van der Waals surface area contributed by atoms with Crippen LogP contribution in [0.25, 0.3) is 0 Å². The van der Waals surface area contributed by atoms with Crippen LogP contribution in [0, 0.1) is 10.1 Å². The van der Waals surface area contributed by atoms with E-state index in [1.807, 2.05) is 0 Å². The van der Waals surface area contributed by atoms with Gasteiger partial charge in [-0.2, -0.15) is 0 Å². The van der Waals surface area contributed by atoms with Crippen LogP contribution in [-0.4, -0.2) is 41.5 Å². The number of benzene rings is 3. The number of carbonyl (C=O) groups excluding carboxylic acids is 3. The highest BCUT2D eigenvalue weighted by molar-refractivity contribution is 9.10. The van der Waals surface area contributed by atoms with Crippen molar-refractivity contribution < 1.29 is 33.5 Å². The summed E-state index contributed by atoms with van der Waals surface area (Å²) in [4.78, 5) is 54.1. The third-order valence-corrected chi connectivity index (χ3v) is 8.53. The normalized spacial score (nSPS) is 27.9. The van der Waals surface area contributed by atoms with Crippen molar-refractivity contribution in [3.63, 3.8) is 0 Å². The largest absolute Gasteiger partial charge is 0.482 e. The third kappa shape index (κ3) is 3.34. The van der Waals surface area contributed by atoms with Gasteiger partial charge in [0.25, 0.3) is 11.4 Å². The van der Waals surface area contributed by atoms with Gasteiger partial charge in [0.05, 0.1) is 19.2 Å². The molecule has 3 aromatic rings. The number of fused-ring (bicyclic) bond motifs is 5. The van der Waals surface area contributed by atoms with Crippen molar-refractivity contribution in [3.8, 4) is 5.75 Å². The molecule has 5 atom stereocenters. The fourth-order valence-electron chi connectivity index (χ4n) is 6.56. The van der Waals surface area contributed by atoms with Gasteiger partial charge in [-0.05, 0) is 29.8 Å². The van der Waals surface area contributed by atoms with E-state index in [-0.39, 0.29) is 11.4 Å². The van der Waals surface area contributed by atoms with Crippen LogP contribution in [0.4, 0.5) is 5.69 Å². The Balaban J connectivity index is 1.74. The average Bonchev–Trinajstić information content (AvgIpc) is 3.40. The summed E-state index contributed by atoms with van der Waals surface area (Å²) >= 11 is 3.44. The molecule has 2 amide bonds. The molecule has 0 bridgehead atoms. The second-order valence-corrected chi connectivity index (χ2v) is 10.9. The van der Waals surface area contributed by atoms with Crippen LogP contribution in [0.5, 0.6) is 5.75 Å². The summed E-state index contributed by atoms with van der Waals surface area (Å²) in [6.07, 6.45) is -3.20. The van der Waals surface area contributed by atoms with Gasteiger partial charge < -0.3 is 14.2 Å². The first-order chi connectivity index (χ1) is 19.2. The van der Waals surface area contributed by atoms with Gasteiger partial charge in [0.2, 0.25) is 5.91 Å². The minimum atomic E-state index is -2.18. The number of imide groups is 1. The number of rotatable bonds is 4. The van der Waals surface area contributed by atoms with Gasteiger partial charge in [-0.1, -0.05) is 64.5 Å². The first kappa shape index (κ1) is 26.1. The van der Waals surface area contributed by atoms with E-state index < -0.39 is 58.4 Å². The molecule has 3 aliphatic rings. The fourth-order valence-corrected chi connectivity index (χ4v) is 6.94. The Morgan fingerprint density at radius 2 is 1.80 bits per heavy atom. The summed E-state index contributed by atoms with van der Waals surface area (Å²) in [6.45, 7) is 1.26. The van der Waals surface area contributed by atoms with Crippen LogP contribution >= 0.6 is 15.9 Å². The maximum absolute atomic E-state index is 14.5. The third-order valence-electron chi connectivity index (χ3n) is 8.04. The van der Waals surface area contributed by atoms with Gasteiger partial charge in [-0.25, -0.2) is 4.90 Å². The van der Waals surface area contributed by atoms with Gasteiger partial charge in [0.15, 0.2) is 17.8 Å². The van der Waals surface area contributed by atoms with Crippen LogP contribution in [0.3, 0.4) is 0 Å². The number of para-hydroxylation sites is 1. The SMILES string of the molecule is COC(=O)C[C@H]1Oc2ccc(Br)cc2[C@@H]2O[C@@]3(C(=O)N(C(C)=O)c4ccccc43)[C@@H](c3ccccc3)[C@]12[N+](=O)[O-]. The quantitative estimate of drug-likeness (QED) is 0.242. The number of halogens is 1. The van der Waals surface area contributed by atoms with E-state index in [1.54, 1.807) is 72.8 Å². The summed E-state index contributed by atoms with van der Waals surface area (Å²) in [7, 11) is 1.19. The first-order valence-corrected chi connectivity index (χ1v) is 13.3. The number of amides is 2. The molecule has 11 heteroatoms. The number of esters is 1. The standard InChI is InChI=1S/C29H23BrN2O8/c1-16(33)31-21-11-7-6-10-20(21)29(27(31)35)25(17-8-4-3-5-9-17)28(32(36)37)23(15-24(34)38-2)39-22-13-12-18(30)14-19(22)26(28)40-29/h3-14,23,25-26H,15H2,1-2H3/t23-,25+,26+,28-,29-/m1/s1. The number of carbonyl (C=O) groups is 3. The van der Waals surface area contributed by atoms with Crippen molar-refractivity contribution in [2.75, 3.05) is 12.0 Å². The van der Waals surface area contributed by atoms with Crippen LogP contribution in [0.15, 0.2) is 77.3 Å². The van der Waals surface area contributed by atoms with Crippen LogP contribution in [0.1, 0.15) is 42.1 Å². The highest BCUT2D eigenvalue weighted by Gasteiger charge is 2.82. The molecule has 0 saturated carbocycles. The Morgan fingerprint density at radius 1 is 1.10 bits per heavy atom. The van der Waals surface area contributed by atoms with Gasteiger partial charge in [0, 0.05) is 27.4 Å². The summed E-state index contributed by atoms with van der Waals surface area (Å²) in [6, 6.07) is 20.2. The van der Waals surface area contributed by atoms with E-state index in [0.29, 0.717) is 21.2 Å². The van der Waals surface area contributed by atoms with Gasteiger partial charge >= 0.3 is 5.97 Å². The number of nitro groups is 1. The average molecular weight is 607 g/mol. The van der Waals surface area contributed by atoms with E-state index >= 15 is 0 Å². The second kappa shape index (κ2) is 9.24. The molecule has 0 N–H and O–H groups in total. The van der Waals surface area contributed by atoms with E-state index in [1.165, 1.54) is 14.0 Å². The number of nitrogens with zero attached hydrogens (tertiary/aromatic N) is 2. The van der Waals surface area contributed by atoms with Crippen molar-refractivity contribution >= 4 is 39.4 Å². The summed E-state index contributed by atoms with van der Waals surface area (Å²) in [5, 5.41) is 13.6. The number of ether oxygens (including phenoxy) is 3. The van der Waals surface area contributed by atoms with Gasteiger partial charge in [0.1, 0.15) is 11.7 Å². The molecule has 3 aromatic carbocycles. The molecular weight excluding hydrogens is 584 g/mol. The molecule has 0 radical (unpaired) electrons. The van der Waals surface area contributed by atoms with Crippen molar-refractivity contribution in [3.05, 3.63) is 104 Å². The zero-order valence-electron chi connectivity index (χ0n) is 21.4. The van der Waals surface area contributed by atoms with Crippen LogP contribution in [-0.2, 0) is 29.5 Å².